The number of hydrogen-bond donors (Lipinski definition) is 1. The average molecular weight is 244 g/mol. The van der Waals surface area contributed by atoms with Crippen LogP contribution in [0.3, 0.4) is 0 Å². The molecule has 0 spiro atoms. The Hall–Kier alpha value is -0.500. The van der Waals surface area contributed by atoms with Crippen molar-refractivity contribution in [3.8, 4) is 0 Å². The number of nitrogens with one attached hydrogen (secondary N) is 1. The molecule has 0 heterocycles. The highest BCUT2D eigenvalue weighted by Gasteiger charge is 2.02. The van der Waals surface area contributed by atoms with Crippen molar-refractivity contribution in [2.75, 3.05) is 13.6 Å². The Morgan fingerprint density at radius 2 is 2.13 bits per heavy atom. The molecule has 0 amide bonds. The SMILES string of the molecule is CNCCC=C(C)c1cc(Cl)ccc1Cl. The average Bonchev–Trinajstić information content (AvgIpc) is 2.22. The van der Waals surface area contributed by atoms with E-state index in [2.05, 4.69) is 11.4 Å². The zero-order chi connectivity index (χ0) is 11.3. The summed E-state index contributed by atoms with van der Waals surface area (Å²) in [4.78, 5) is 0. The van der Waals surface area contributed by atoms with Crippen LogP contribution in [0.5, 0.6) is 0 Å². The van der Waals surface area contributed by atoms with Gasteiger partial charge in [0, 0.05) is 10.0 Å². The number of hydrogen-bond acceptors (Lipinski definition) is 1. The second-order valence-electron chi connectivity index (χ2n) is 3.40. The first-order valence-corrected chi connectivity index (χ1v) is 5.67. The molecule has 1 nitrogen and oxygen atoms in total. The van der Waals surface area contributed by atoms with Gasteiger partial charge in [0.2, 0.25) is 0 Å². The van der Waals surface area contributed by atoms with Crippen molar-refractivity contribution in [2.24, 2.45) is 0 Å². The van der Waals surface area contributed by atoms with E-state index in [0.717, 1.165) is 34.1 Å². The van der Waals surface area contributed by atoms with Crippen molar-refractivity contribution < 1.29 is 0 Å². The smallest absolute Gasteiger partial charge is 0.0481 e. The van der Waals surface area contributed by atoms with Crippen LogP contribution in [0.1, 0.15) is 18.9 Å². The first-order valence-electron chi connectivity index (χ1n) is 4.92. The summed E-state index contributed by atoms with van der Waals surface area (Å²) in [6.45, 7) is 3.02. The van der Waals surface area contributed by atoms with Crippen molar-refractivity contribution in [1.82, 2.24) is 5.32 Å². The summed E-state index contributed by atoms with van der Waals surface area (Å²) in [5, 5.41) is 4.56. The molecule has 0 aliphatic rings. The van der Waals surface area contributed by atoms with Gasteiger partial charge < -0.3 is 5.32 Å². The third-order valence-corrected chi connectivity index (χ3v) is 2.76. The van der Waals surface area contributed by atoms with Gasteiger partial charge in [-0.15, -0.1) is 0 Å². The van der Waals surface area contributed by atoms with Crippen LogP contribution in [0.25, 0.3) is 5.57 Å². The van der Waals surface area contributed by atoms with E-state index in [1.54, 1.807) is 6.07 Å². The molecule has 3 heteroatoms. The fraction of sp³-hybridized carbons (Fsp3) is 0.333. The van der Waals surface area contributed by atoms with Crippen LogP contribution in [0.2, 0.25) is 10.0 Å². The van der Waals surface area contributed by atoms with Gasteiger partial charge in [-0.1, -0.05) is 29.3 Å². The van der Waals surface area contributed by atoms with Crippen molar-refractivity contribution in [3.05, 3.63) is 39.9 Å². The summed E-state index contributed by atoms with van der Waals surface area (Å²) < 4.78 is 0. The topological polar surface area (TPSA) is 12.0 Å². The van der Waals surface area contributed by atoms with Crippen LogP contribution < -0.4 is 5.32 Å². The molecule has 1 N–H and O–H groups in total. The van der Waals surface area contributed by atoms with Crippen LogP contribution in [0.4, 0.5) is 0 Å². The molecule has 0 atom stereocenters. The molecular formula is C12H15Cl2N. The minimum absolute atomic E-state index is 0.718. The highest BCUT2D eigenvalue weighted by atomic mass is 35.5. The summed E-state index contributed by atoms with van der Waals surface area (Å²) in [6, 6.07) is 5.53. The molecule has 0 unspecified atom stereocenters. The normalized spacial score (nSPS) is 11.9. The van der Waals surface area contributed by atoms with Crippen LogP contribution in [0.15, 0.2) is 24.3 Å². The van der Waals surface area contributed by atoms with Gasteiger partial charge in [-0.3, -0.25) is 0 Å². The molecule has 1 aromatic carbocycles. The molecule has 0 radical (unpaired) electrons. The van der Waals surface area contributed by atoms with Crippen molar-refractivity contribution in [3.63, 3.8) is 0 Å². The van der Waals surface area contributed by atoms with Crippen LogP contribution in [-0.2, 0) is 0 Å². The van der Waals surface area contributed by atoms with E-state index in [1.165, 1.54) is 0 Å². The van der Waals surface area contributed by atoms with Gasteiger partial charge >= 0.3 is 0 Å². The highest BCUT2D eigenvalue weighted by molar-refractivity contribution is 6.34. The standard InChI is InChI=1S/C12H15Cl2N/c1-9(4-3-7-15-2)11-8-10(13)5-6-12(11)14/h4-6,8,15H,3,7H2,1-2H3. The predicted molar refractivity (Wildman–Crippen MR) is 68.7 cm³/mol. The lowest BCUT2D eigenvalue weighted by Gasteiger charge is -2.05. The maximum absolute atomic E-state index is 6.09. The van der Waals surface area contributed by atoms with Crippen molar-refractivity contribution in [2.45, 2.75) is 13.3 Å². The van der Waals surface area contributed by atoms with E-state index < -0.39 is 0 Å². The Labute approximate surface area is 101 Å². The van der Waals surface area contributed by atoms with Gasteiger partial charge in [0.1, 0.15) is 0 Å². The van der Waals surface area contributed by atoms with Gasteiger partial charge in [-0.25, -0.2) is 0 Å². The second-order valence-corrected chi connectivity index (χ2v) is 4.25. The zero-order valence-corrected chi connectivity index (χ0v) is 10.5. The minimum atomic E-state index is 0.718. The molecule has 0 saturated carbocycles. The van der Waals surface area contributed by atoms with E-state index in [9.17, 15) is 0 Å². The van der Waals surface area contributed by atoms with Crippen LogP contribution >= 0.6 is 23.2 Å². The lowest BCUT2D eigenvalue weighted by Crippen LogP contribution is -2.05. The molecule has 82 valence electrons. The van der Waals surface area contributed by atoms with Crippen LogP contribution in [0, 0.1) is 0 Å². The molecule has 0 saturated heterocycles. The van der Waals surface area contributed by atoms with Gasteiger partial charge in [0.25, 0.3) is 0 Å². The number of allylic oxidation sites excluding steroid dienone is 1. The minimum Gasteiger partial charge on any atom is -0.319 e. The summed E-state index contributed by atoms with van der Waals surface area (Å²) in [5.74, 6) is 0. The Morgan fingerprint density at radius 3 is 2.80 bits per heavy atom. The van der Waals surface area contributed by atoms with Crippen molar-refractivity contribution in [1.29, 1.82) is 0 Å². The molecule has 0 aliphatic heterocycles. The van der Waals surface area contributed by atoms with Gasteiger partial charge in [-0.05, 0) is 56.3 Å². The van der Waals surface area contributed by atoms with E-state index in [4.69, 9.17) is 23.2 Å². The predicted octanol–water partition coefficient (Wildman–Crippen LogP) is 4.01. The van der Waals surface area contributed by atoms with Gasteiger partial charge in [-0.2, -0.15) is 0 Å². The fourth-order valence-electron chi connectivity index (χ4n) is 1.34. The summed E-state index contributed by atoms with van der Waals surface area (Å²) in [6.07, 6.45) is 3.15. The molecule has 15 heavy (non-hydrogen) atoms. The summed E-state index contributed by atoms with van der Waals surface area (Å²) >= 11 is 12.0. The third kappa shape index (κ3) is 3.86. The van der Waals surface area contributed by atoms with Gasteiger partial charge in [0.15, 0.2) is 0 Å². The Bertz CT molecular complexity index is 359. The molecule has 0 aliphatic carbocycles. The van der Waals surface area contributed by atoms with E-state index in [0.29, 0.717) is 0 Å². The first-order chi connectivity index (χ1) is 7.15. The monoisotopic (exact) mass is 243 g/mol. The number of benzene rings is 1. The molecule has 1 aromatic rings. The largest absolute Gasteiger partial charge is 0.319 e. The Morgan fingerprint density at radius 1 is 1.40 bits per heavy atom. The lowest BCUT2D eigenvalue weighted by atomic mass is 10.1. The lowest BCUT2D eigenvalue weighted by molar-refractivity contribution is 0.808. The first kappa shape index (κ1) is 12.6. The zero-order valence-electron chi connectivity index (χ0n) is 8.98. The summed E-state index contributed by atoms with van der Waals surface area (Å²) in [5.41, 5.74) is 2.18. The van der Waals surface area contributed by atoms with E-state index in [-0.39, 0.29) is 0 Å². The molecule has 0 bridgehead atoms. The Balaban J connectivity index is 2.85. The maximum Gasteiger partial charge on any atom is 0.0481 e. The molecule has 0 aromatic heterocycles. The van der Waals surface area contributed by atoms with E-state index in [1.807, 2.05) is 26.1 Å². The molecule has 0 fully saturated rings. The second kappa shape index (κ2) is 6.16. The van der Waals surface area contributed by atoms with Gasteiger partial charge in [0.05, 0.1) is 0 Å². The van der Waals surface area contributed by atoms with Crippen LogP contribution in [-0.4, -0.2) is 13.6 Å². The molecule has 1 rings (SSSR count). The molecular weight excluding hydrogens is 229 g/mol. The number of rotatable bonds is 4. The fourth-order valence-corrected chi connectivity index (χ4v) is 1.78. The quantitative estimate of drug-likeness (QED) is 0.789. The highest BCUT2D eigenvalue weighted by Crippen LogP contribution is 2.26. The third-order valence-electron chi connectivity index (χ3n) is 2.20. The maximum atomic E-state index is 6.09. The van der Waals surface area contributed by atoms with Crippen molar-refractivity contribution >= 4 is 28.8 Å². The Kier molecular flexibility index (Phi) is 5.16. The van der Waals surface area contributed by atoms with E-state index >= 15 is 0 Å². The number of halogens is 2. The summed E-state index contributed by atoms with van der Waals surface area (Å²) in [7, 11) is 1.94.